The molecule has 0 unspecified atom stereocenters. The van der Waals surface area contributed by atoms with Crippen molar-refractivity contribution >= 4 is 0 Å². The van der Waals surface area contributed by atoms with Crippen LogP contribution in [0.1, 0.15) is 11.1 Å². The van der Waals surface area contributed by atoms with Gasteiger partial charge in [0.25, 0.3) is 0 Å². The SMILES string of the molecule is C=CC[N+](C)(C)Cc1ccc(C)cc1. The predicted molar refractivity (Wildman–Crippen MR) is 62.1 cm³/mol. The molecule has 1 aromatic rings. The van der Waals surface area contributed by atoms with E-state index in [0.29, 0.717) is 0 Å². The second-order valence-corrected chi connectivity index (χ2v) is 4.55. The average Bonchev–Trinajstić information content (AvgIpc) is 2.08. The van der Waals surface area contributed by atoms with E-state index in [0.717, 1.165) is 17.6 Å². The summed E-state index contributed by atoms with van der Waals surface area (Å²) in [6.45, 7) is 7.97. The van der Waals surface area contributed by atoms with E-state index in [4.69, 9.17) is 0 Å². The highest BCUT2D eigenvalue weighted by Gasteiger charge is 2.12. The number of hydrogen-bond donors (Lipinski definition) is 0. The number of likely N-dealkylation sites (N-methyl/N-ethyl adjacent to an activating group) is 1. The monoisotopic (exact) mass is 190 g/mol. The maximum Gasteiger partial charge on any atom is 0.104 e. The summed E-state index contributed by atoms with van der Waals surface area (Å²) in [7, 11) is 4.45. The number of rotatable bonds is 4. The quantitative estimate of drug-likeness (QED) is 0.506. The molecule has 0 radical (unpaired) electrons. The minimum Gasteiger partial charge on any atom is -0.321 e. The van der Waals surface area contributed by atoms with E-state index in [1.807, 2.05) is 6.08 Å². The molecule has 1 aromatic carbocycles. The number of benzene rings is 1. The summed E-state index contributed by atoms with van der Waals surface area (Å²) >= 11 is 0. The molecule has 0 aliphatic heterocycles. The first-order chi connectivity index (χ1) is 6.53. The van der Waals surface area contributed by atoms with Crippen LogP contribution in [0.25, 0.3) is 0 Å². The van der Waals surface area contributed by atoms with Gasteiger partial charge in [0, 0.05) is 5.56 Å². The Morgan fingerprint density at radius 1 is 1.21 bits per heavy atom. The van der Waals surface area contributed by atoms with Gasteiger partial charge in [0.15, 0.2) is 0 Å². The lowest BCUT2D eigenvalue weighted by molar-refractivity contribution is -0.897. The van der Waals surface area contributed by atoms with Crippen molar-refractivity contribution in [3.8, 4) is 0 Å². The third-order valence-electron chi connectivity index (χ3n) is 2.35. The molecule has 0 aliphatic carbocycles. The zero-order valence-corrected chi connectivity index (χ0v) is 9.46. The van der Waals surface area contributed by atoms with Crippen LogP contribution in [0, 0.1) is 6.92 Å². The first-order valence-corrected chi connectivity index (χ1v) is 5.02. The van der Waals surface area contributed by atoms with Gasteiger partial charge in [-0.2, -0.15) is 0 Å². The van der Waals surface area contributed by atoms with Crippen LogP contribution in [-0.2, 0) is 6.54 Å². The molecule has 0 aliphatic rings. The molecule has 0 saturated heterocycles. The minimum absolute atomic E-state index is 0.965. The zero-order chi connectivity index (χ0) is 10.6. The van der Waals surface area contributed by atoms with E-state index < -0.39 is 0 Å². The molecule has 76 valence electrons. The van der Waals surface area contributed by atoms with Gasteiger partial charge >= 0.3 is 0 Å². The lowest BCUT2D eigenvalue weighted by atomic mass is 10.1. The summed E-state index contributed by atoms with van der Waals surface area (Å²) in [5.41, 5.74) is 2.71. The van der Waals surface area contributed by atoms with Crippen molar-refractivity contribution in [2.75, 3.05) is 20.6 Å². The number of aryl methyl sites for hydroxylation is 1. The van der Waals surface area contributed by atoms with Crippen molar-refractivity contribution < 1.29 is 4.48 Å². The maximum atomic E-state index is 3.79. The van der Waals surface area contributed by atoms with Gasteiger partial charge in [-0.1, -0.05) is 36.4 Å². The number of nitrogens with zero attached hydrogens (tertiary/aromatic N) is 1. The topological polar surface area (TPSA) is 0 Å². The molecule has 0 amide bonds. The first kappa shape index (κ1) is 11.0. The van der Waals surface area contributed by atoms with Gasteiger partial charge < -0.3 is 4.48 Å². The van der Waals surface area contributed by atoms with Crippen LogP contribution >= 0.6 is 0 Å². The van der Waals surface area contributed by atoms with E-state index in [1.54, 1.807) is 0 Å². The Hall–Kier alpha value is -1.08. The highest BCUT2D eigenvalue weighted by molar-refractivity contribution is 5.20. The molecule has 0 spiro atoms. The third-order valence-corrected chi connectivity index (χ3v) is 2.35. The fourth-order valence-corrected chi connectivity index (χ4v) is 1.60. The van der Waals surface area contributed by atoms with Crippen molar-refractivity contribution in [3.05, 3.63) is 48.0 Å². The van der Waals surface area contributed by atoms with E-state index >= 15 is 0 Å². The third kappa shape index (κ3) is 3.35. The Labute approximate surface area is 87.3 Å². The van der Waals surface area contributed by atoms with Crippen LogP contribution in [0.2, 0.25) is 0 Å². The van der Waals surface area contributed by atoms with Gasteiger partial charge in [0.1, 0.15) is 6.54 Å². The lowest BCUT2D eigenvalue weighted by Crippen LogP contribution is -2.38. The molecule has 1 heteroatoms. The first-order valence-electron chi connectivity index (χ1n) is 5.02. The molecule has 0 N–H and O–H groups in total. The Bertz CT molecular complexity index is 296. The van der Waals surface area contributed by atoms with Crippen molar-refractivity contribution in [2.24, 2.45) is 0 Å². The lowest BCUT2D eigenvalue weighted by Gasteiger charge is -2.28. The molecular weight excluding hydrogens is 170 g/mol. The highest BCUT2D eigenvalue weighted by Crippen LogP contribution is 2.10. The standard InChI is InChI=1S/C13H20N/c1-5-10-14(3,4)11-13-8-6-12(2)7-9-13/h5-9H,1,10-11H2,2-4H3/q+1. The number of quaternary nitrogens is 1. The Kier molecular flexibility index (Phi) is 3.48. The fourth-order valence-electron chi connectivity index (χ4n) is 1.60. The van der Waals surface area contributed by atoms with Gasteiger partial charge in [0.05, 0.1) is 20.6 Å². The van der Waals surface area contributed by atoms with Gasteiger partial charge in [-0.05, 0) is 13.0 Å². The van der Waals surface area contributed by atoms with Crippen molar-refractivity contribution in [3.63, 3.8) is 0 Å². The van der Waals surface area contributed by atoms with Crippen LogP contribution in [0.3, 0.4) is 0 Å². The van der Waals surface area contributed by atoms with Crippen LogP contribution in [0.4, 0.5) is 0 Å². The van der Waals surface area contributed by atoms with Crippen LogP contribution in [0.15, 0.2) is 36.9 Å². The minimum atomic E-state index is 0.965. The molecule has 1 nitrogen and oxygen atoms in total. The highest BCUT2D eigenvalue weighted by atomic mass is 15.3. The Morgan fingerprint density at radius 3 is 2.29 bits per heavy atom. The van der Waals surface area contributed by atoms with Crippen LogP contribution in [0.5, 0.6) is 0 Å². The molecule has 0 aromatic heterocycles. The summed E-state index contributed by atoms with van der Waals surface area (Å²) < 4.78 is 0.965. The second-order valence-electron chi connectivity index (χ2n) is 4.55. The zero-order valence-electron chi connectivity index (χ0n) is 9.46. The summed E-state index contributed by atoms with van der Waals surface area (Å²) in [5.74, 6) is 0. The van der Waals surface area contributed by atoms with E-state index in [2.05, 4.69) is 51.9 Å². The van der Waals surface area contributed by atoms with E-state index in [9.17, 15) is 0 Å². The molecule has 1 rings (SSSR count). The van der Waals surface area contributed by atoms with Gasteiger partial charge in [-0.25, -0.2) is 0 Å². The van der Waals surface area contributed by atoms with E-state index in [-0.39, 0.29) is 0 Å². The predicted octanol–water partition coefficient (Wildman–Crippen LogP) is 2.76. The molecular formula is C13H20N+. The van der Waals surface area contributed by atoms with Gasteiger partial charge in [0.2, 0.25) is 0 Å². The smallest absolute Gasteiger partial charge is 0.104 e. The molecule has 14 heavy (non-hydrogen) atoms. The van der Waals surface area contributed by atoms with Crippen molar-refractivity contribution in [2.45, 2.75) is 13.5 Å². The largest absolute Gasteiger partial charge is 0.321 e. The average molecular weight is 190 g/mol. The molecule has 0 fully saturated rings. The van der Waals surface area contributed by atoms with Gasteiger partial charge in [-0.3, -0.25) is 0 Å². The van der Waals surface area contributed by atoms with E-state index in [1.165, 1.54) is 11.1 Å². The van der Waals surface area contributed by atoms with Crippen molar-refractivity contribution in [1.29, 1.82) is 0 Å². The summed E-state index contributed by atoms with van der Waals surface area (Å²) in [4.78, 5) is 0. The Balaban J connectivity index is 2.68. The molecule has 0 atom stereocenters. The number of hydrogen-bond acceptors (Lipinski definition) is 0. The maximum absolute atomic E-state index is 3.79. The molecule has 0 heterocycles. The Morgan fingerprint density at radius 2 is 1.79 bits per heavy atom. The molecule has 0 bridgehead atoms. The van der Waals surface area contributed by atoms with Crippen molar-refractivity contribution in [1.82, 2.24) is 0 Å². The molecule has 0 saturated carbocycles. The van der Waals surface area contributed by atoms with Gasteiger partial charge in [-0.15, -0.1) is 0 Å². The second kappa shape index (κ2) is 4.43. The normalized spacial score (nSPS) is 11.4. The summed E-state index contributed by atoms with van der Waals surface area (Å²) in [6, 6.07) is 8.75. The summed E-state index contributed by atoms with van der Waals surface area (Å²) in [5, 5.41) is 0. The van der Waals surface area contributed by atoms with Crippen LogP contribution < -0.4 is 0 Å². The van der Waals surface area contributed by atoms with Crippen LogP contribution in [-0.4, -0.2) is 25.1 Å². The fraction of sp³-hybridized carbons (Fsp3) is 0.385. The summed E-state index contributed by atoms with van der Waals surface area (Å²) in [6.07, 6.45) is 1.98.